The van der Waals surface area contributed by atoms with Gasteiger partial charge in [-0.2, -0.15) is 0 Å². The molecule has 4 heteroatoms. The normalized spacial score (nSPS) is 22.4. The summed E-state index contributed by atoms with van der Waals surface area (Å²) in [7, 11) is 0. The maximum absolute atomic E-state index is 12.3. The summed E-state index contributed by atoms with van der Waals surface area (Å²) in [5, 5.41) is 2.02. The Morgan fingerprint density at radius 1 is 1.75 bits per heavy atom. The van der Waals surface area contributed by atoms with Crippen LogP contribution in [0.3, 0.4) is 0 Å². The molecule has 0 radical (unpaired) electrons. The lowest BCUT2D eigenvalue weighted by Crippen LogP contribution is -2.41. The fraction of sp³-hybridized carbons (Fsp3) is 0.583. The van der Waals surface area contributed by atoms with E-state index >= 15 is 0 Å². The Balaban J connectivity index is 2.07. The lowest BCUT2D eigenvalue weighted by molar-refractivity contribution is -0.133. The molecule has 1 aliphatic heterocycles. The highest BCUT2D eigenvalue weighted by molar-refractivity contribution is 7.10. The highest BCUT2D eigenvalue weighted by Gasteiger charge is 2.31. The van der Waals surface area contributed by atoms with E-state index in [0.29, 0.717) is 6.54 Å². The summed E-state index contributed by atoms with van der Waals surface area (Å²) in [6.45, 7) is 3.44. The minimum absolute atomic E-state index is 0.0212. The van der Waals surface area contributed by atoms with Gasteiger partial charge in [0.25, 0.3) is 0 Å². The van der Waals surface area contributed by atoms with Gasteiger partial charge in [0, 0.05) is 24.0 Å². The highest BCUT2D eigenvalue weighted by Crippen LogP contribution is 2.26. The topological polar surface area (TPSA) is 46.3 Å². The molecule has 2 rings (SSSR count). The number of nitrogens with two attached hydrogens (primary N) is 1. The van der Waals surface area contributed by atoms with Gasteiger partial charge in [-0.15, -0.1) is 11.3 Å². The van der Waals surface area contributed by atoms with Crippen molar-refractivity contribution in [3.63, 3.8) is 0 Å². The molecule has 1 aromatic rings. The van der Waals surface area contributed by atoms with Crippen LogP contribution in [0.1, 0.15) is 30.6 Å². The van der Waals surface area contributed by atoms with Crippen molar-refractivity contribution in [2.45, 2.75) is 31.7 Å². The van der Waals surface area contributed by atoms with Gasteiger partial charge in [0.1, 0.15) is 0 Å². The summed E-state index contributed by atoms with van der Waals surface area (Å²) < 4.78 is 0. The van der Waals surface area contributed by atoms with Crippen molar-refractivity contribution in [1.82, 2.24) is 4.90 Å². The first-order chi connectivity index (χ1) is 7.74. The fourth-order valence-corrected chi connectivity index (χ4v) is 3.06. The Labute approximate surface area is 100 Å². The van der Waals surface area contributed by atoms with Gasteiger partial charge in [0.05, 0.1) is 5.92 Å². The summed E-state index contributed by atoms with van der Waals surface area (Å²) >= 11 is 1.65. The van der Waals surface area contributed by atoms with E-state index in [1.54, 1.807) is 11.3 Å². The monoisotopic (exact) mass is 238 g/mol. The molecular weight excluding hydrogens is 220 g/mol. The van der Waals surface area contributed by atoms with Gasteiger partial charge in [0.15, 0.2) is 0 Å². The maximum atomic E-state index is 12.3. The molecule has 1 aromatic heterocycles. The molecule has 0 aromatic carbocycles. The van der Waals surface area contributed by atoms with Crippen molar-refractivity contribution in [3.8, 4) is 0 Å². The highest BCUT2D eigenvalue weighted by atomic mass is 32.1. The largest absolute Gasteiger partial charge is 0.338 e. The Kier molecular flexibility index (Phi) is 3.61. The quantitative estimate of drug-likeness (QED) is 0.873. The predicted molar refractivity (Wildman–Crippen MR) is 66.5 cm³/mol. The van der Waals surface area contributed by atoms with Crippen LogP contribution in [0.4, 0.5) is 0 Å². The molecule has 2 heterocycles. The predicted octanol–water partition coefficient (Wildman–Crippen LogP) is 1.80. The second-order valence-electron chi connectivity index (χ2n) is 4.30. The van der Waals surface area contributed by atoms with E-state index < -0.39 is 0 Å². The number of nitrogens with zero attached hydrogens (tertiary/aromatic N) is 1. The Morgan fingerprint density at radius 3 is 3.19 bits per heavy atom. The summed E-state index contributed by atoms with van der Waals surface area (Å²) in [6, 6.07) is 4.28. The second kappa shape index (κ2) is 4.97. The van der Waals surface area contributed by atoms with Crippen LogP contribution in [0.25, 0.3) is 0 Å². The lowest BCUT2D eigenvalue weighted by Gasteiger charge is -2.26. The van der Waals surface area contributed by atoms with Crippen molar-refractivity contribution < 1.29 is 4.79 Å². The van der Waals surface area contributed by atoms with Crippen molar-refractivity contribution in [3.05, 3.63) is 22.4 Å². The molecular formula is C12H18N2OS. The molecule has 0 spiro atoms. The van der Waals surface area contributed by atoms with E-state index in [-0.39, 0.29) is 17.9 Å². The van der Waals surface area contributed by atoms with E-state index in [2.05, 4.69) is 0 Å². The number of hydrogen-bond donors (Lipinski definition) is 1. The first-order valence-electron chi connectivity index (χ1n) is 5.78. The third-order valence-electron chi connectivity index (χ3n) is 3.27. The van der Waals surface area contributed by atoms with Crippen LogP contribution < -0.4 is 5.73 Å². The van der Waals surface area contributed by atoms with E-state index in [1.165, 1.54) is 0 Å². The van der Waals surface area contributed by atoms with Gasteiger partial charge in [0.2, 0.25) is 5.91 Å². The number of likely N-dealkylation sites (tertiary alicyclic amines) is 1. The number of carbonyl (C=O) groups is 1. The number of carbonyl (C=O) groups excluding carboxylic acids is 1. The molecule has 88 valence electrons. The molecule has 0 saturated carbocycles. The van der Waals surface area contributed by atoms with Crippen LogP contribution in [0.5, 0.6) is 0 Å². The second-order valence-corrected chi connectivity index (χ2v) is 5.28. The standard InChI is InChI=1S/C12H18N2OS/c1-9(11-5-3-7-16-11)12(15)14-6-2-4-10(14)8-13/h3,5,7,9-10H,2,4,6,8,13H2,1H3. The van der Waals surface area contributed by atoms with Gasteiger partial charge in [-0.1, -0.05) is 6.07 Å². The molecule has 1 amide bonds. The summed E-state index contributed by atoms with van der Waals surface area (Å²) in [4.78, 5) is 15.4. The molecule has 3 nitrogen and oxygen atoms in total. The molecule has 16 heavy (non-hydrogen) atoms. The molecule has 2 atom stereocenters. The molecule has 1 fully saturated rings. The van der Waals surface area contributed by atoms with Crippen LogP contribution in [-0.4, -0.2) is 29.9 Å². The molecule has 2 unspecified atom stereocenters. The average Bonchev–Trinajstić information content (AvgIpc) is 2.97. The smallest absolute Gasteiger partial charge is 0.230 e. The fourth-order valence-electron chi connectivity index (χ4n) is 2.28. The number of thiophene rings is 1. The number of hydrogen-bond acceptors (Lipinski definition) is 3. The van der Waals surface area contributed by atoms with Crippen molar-refractivity contribution in [1.29, 1.82) is 0 Å². The van der Waals surface area contributed by atoms with Crippen LogP contribution >= 0.6 is 11.3 Å². The molecule has 0 bridgehead atoms. The third-order valence-corrected chi connectivity index (χ3v) is 4.33. The SMILES string of the molecule is CC(C(=O)N1CCCC1CN)c1cccs1. The minimum atomic E-state index is -0.0212. The van der Waals surface area contributed by atoms with Crippen molar-refractivity contribution in [2.24, 2.45) is 5.73 Å². The third kappa shape index (κ3) is 2.13. The first-order valence-corrected chi connectivity index (χ1v) is 6.66. The Hall–Kier alpha value is -0.870. The Bertz CT molecular complexity index is 350. The van der Waals surface area contributed by atoms with Gasteiger partial charge in [-0.25, -0.2) is 0 Å². The zero-order valence-corrected chi connectivity index (χ0v) is 10.4. The van der Waals surface area contributed by atoms with Crippen molar-refractivity contribution >= 4 is 17.2 Å². The molecule has 1 aliphatic rings. The van der Waals surface area contributed by atoms with E-state index in [0.717, 1.165) is 24.3 Å². The van der Waals surface area contributed by atoms with Gasteiger partial charge >= 0.3 is 0 Å². The van der Waals surface area contributed by atoms with E-state index in [1.807, 2.05) is 29.3 Å². The molecule has 1 saturated heterocycles. The summed E-state index contributed by atoms with van der Waals surface area (Å²) in [6.07, 6.45) is 2.14. The molecule has 0 aliphatic carbocycles. The van der Waals surface area contributed by atoms with Crippen LogP contribution in [-0.2, 0) is 4.79 Å². The number of amides is 1. The van der Waals surface area contributed by atoms with Crippen LogP contribution in [0.15, 0.2) is 17.5 Å². The van der Waals surface area contributed by atoms with E-state index in [4.69, 9.17) is 5.73 Å². The van der Waals surface area contributed by atoms with E-state index in [9.17, 15) is 4.79 Å². The molecule has 2 N–H and O–H groups in total. The minimum Gasteiger partial charge on any atom is -0.338 e. The summed E-state index contributed by atoms with van der Waals surface area (Å²) in [5.41, 5.74) is 5.69. The van der Waals surface area contributed by atoms with Gasteiger partial charge in [-0.3, -0.25) is 4.79 Å². The Morgan fingerprint density at radius 2 is 2.56 bits per heavy atom. The lowest BCUT2D eigenvalue weighted by atomic mass is 10.1. The van der Waals surface area contributed by atoms with Crippen LogP contribution in [0, 0.1) is 0 Å². The van der Waals surface area contributed by atoms with Crippen molar-refractivity contribution in [2.75, 3.05) is 13.1 Å². The van der Waals surface area contributed by atoms with Gasteiger partial charge in [-0.05, 0) is 31.2 Å². The average molecular weight is 238 g/mol. The summed E-state index contributed by atoms with van der Waals surface area (Å²) in [5.74, 6) is 0.211. The van der Waals surface area contributed by atoms with Gasteiger partial charge < -0.3 is 10.6 Å². The zero-order valence-electron chi connectivity index (χ0n) is 9.56. The maximum Gasteiger partial charge on any atom is 0.230 e. The first kappa shape index (κ1) is 11.6. The van der Waals surface area contributed by atoms with Crippen LogP contribution in [0.2, 0.25) is 0 Å². The number of rotatable bonds is 3. The zero-order chi connectivity index (χ0) is 11.5.